The minimum Gasteiger partial charge on any atom is -0.478 e. The molecule has 0 amide bonds. The average molecular weight is 308 g/mol. The van der Waals surface area contributed by atoms with Crippen LogP contribution in [-0.4, -0.2) is 29.4 Å². The molecule has 0 radical (unpaired) electrons. The predicted octanol–water partition coefficient (Wildman–Crippen LogP) is 3.74. The molecule has 0 aliphatic rings. The van der Waals surface area contributed by atoms with Crippen molar-refractivity contribution in [1.82, 2.24) is 4.57 Å². The number of hydrogen-bond donors (Lipinski definition) is 1. The highest BCUT2D eigenvalue weighted by molar-refractivity contribution is 6.33. The molecule has 0 unspecified atom stereocenters. The van der Waals surface area contributed by atoms with Gasteiger partial charge >= 0.3 is 5.97 Å². The lowest BCUT2D eigenvalue weighted by molar-refractivity contribution is -0.132. The van der Waals surface area contributed by atoms with E-state index in [0.717, 1.165) is 22.0 Å². The lowest BCUT2D eigenvalue weighted by Gasteiger charge is -2.07. The quantitative estimate of drug-likeness (QED) is 0.856. The smallest absolute Gasteiger partial charge is 0.331 e. The number of methoxy groups -OCH3 is 1. The number of halogens is 1. The standard InChI is InChI=1S/C16H18ClNO3/c1-10-5-4-6-12-13(9-11(2)16(19)20)15(17)18(14(10)12)7-8-21-3/h4-6,9H,7-8H2,1-3H3,(H,19,20)/b11-9+. The predicted molar refractivity (Wildman–Crippen MR) is 84.8 cm³/mol. The Kier molecular flexibility index (Phi) is 4.70. The van der Waals surface area contributed by atoms with Crippen molar-refractivity contribution >= 4 is 34.5 Å². The molecule has 0 aliphatic heterocycles. The summed E-state index contributed by atoms with van der Waals surface area (Å²) in [6, 6.07) is 5.92. The van der Waals surface area contributed by atoms with Crippen LogP contribution in [0.2, 0.25) is 5.15 Å². The molecule has 0 saturated carbocycles. The summed E-state index contributed by atoms with van der Waals surface area (Å²) in [6.07, 6.45) is 1.62. The van der Waals surface area contributed by atoms with Gasteiger partial charge in [0.2, 0.25) is 0 Å². The third kappa shape index (κ3) is 2.96. The van der Waals surface area contributed by atoms with Crippen LogP contribution in [-0.2, 0) is 16.1 Å². The first-order valence-electron chi connectivity index (χ1n) is 6.65. The Bertz CT molecular complexity index is 716. The van der Waals surface area contributed by atoms with Crippen LogP contribution in [0.3, 0.4) is 0 Å². The van der Waals surface area contributed by atoms with Gasteiger partial charge in [0.25, 0.3) is 0 Å². The van der Waals surface area contributed by atoms with E-state index in [1.807, 2.05) is 29.7 Å². The number of ether oxygens (including phenoxy) is 1. The largest absolute Gasteiger partial charge is 0.478 e. The Morgan fingerprint density at radius 3 is 2.81 bits per heavy atom. The molecule has 2 aromatic rings. The van der Waals surface area contributed by atoms with E-state index in [4.69, 9.17) is 21.4 Å². The Hall–Kier alpha value is -1.78. The number of benzene rings is 1. The summed E-state index contributed by atoms with van der Waals surface area (Å²) in [4.78, 5) is 11.1. The van der Waals surface area contributed by atoms with E-state index < -0.39 is 5.97 Å². The fourth-order valence-electron chi connectivity index (χ4n) is 2.40. The zero-order valence-electron chi connectivity index (χ0n) is 12.3. The summed E-state index contributed by atoms with van der Waals surface area (Å²) in [7, 11) is 1.64. The molecule has 2 rings (SSSR count). The monoisotopic (exact) mass is 307 g/mol. The second-order valence-corrected chi connectivity index (χ2v) is 5.31. The normalized spacial score (nSPS) is 12.1. The van der Waals surface area contributed by atoms with Crippen molar-refractivity contribution in [3.05, 3.63) is 40.1 Å². The van der Waals surface area contributed by atoms with Crippen LogP contribution >= 0.6 is 11.6 Å². The fraction of sp³-hybridized carbons (Fsp3) is 0.312. The van der Waals surface area contributed by atoms with Gasteiger partial charge in [-0.3, -0.25) is 0 Å². The Morgan fingerprint density at radius 2 is 2.19 bits per heavy atom. The lowest BCUT2D eigenvalue weighted by atomic mass is 10.1. The second-order valence-electron chi connectivity index (χ2n) is 4.95. The SMILES string of the molecule is COCCn1c(Cl)c(/C=C(\C)C(=O)O)c2cccc(C)c21. The van der Waals surface area contributed by atoms with Gasteiger partial charge in [0.15, 0.2) is 0 Å². The summed E-state index contributed by atoms with van der Waals surface area (Å²) in [6.45, 7) is 4.74. The van der Waals surface area contributed by atoms with Gasteiger partial charge < -0.3 is 14.4 Å². The zero-order valence-corrected chi connectivity index (χ0v) is 13.1. The van der Waals surface area contributed by atoms with Gasteiger partial charge in [-0.25, -0.2) is 4.79 Å². The van der Waals surface area contributed by atoms with Gasteiger partial charge in [0, 0.05) is 30.2 Å². The van der Waals surface area contributed by atoms with E-state index in [1.165, 1.54) is 0 Å². The van der Waals surface area contributed by atoms with Crippen molar-refractivity contribution in [3.8, 4) is 0 Å². The number of carbonyl (C=O) groups is 1. The maximum atomic E-state index is 11.1. The number of carboxylic acids is 1. The zero-order chi connectivity index (χ0) is 15.6. The number of aryl methyl sites for hydroxylation is 1. The summed E-state index contributed by atoms with van der Waals surface area (Å²) in [5.74, 6) is -0.948. The van der Waals surface area contributed by atoms with Crippen molar-refractivity contribution in [3.63, 3.8) is 0 Å². The Labute approximate surface area is 128 Å². The van der Waals surface area contributed by atoms with Gasteiger partial charge in [-0.05, 0) is 25.5 Å². The first kappa shape index (κ1) is 15.6. The average Bonchev–Trinajstić information content (AvgIpc) is 2.71. The summed E-state index contributed by atoms with van der Waals surface area (Å²) in [5.41, 5.74) is 3.11. The highest BCUT2D eigenvalue weighted by atomic mass is 35.5. The van der Waals surface area contributed by atoms with Gasteiger partial charge in [-0.2, -0.15) is 0 Å². The Morgan fingerprint density at radius 1 is 1.48 bits per heavy atom. The molecule has 4 nitrogen and oxygen atoms in total. The summed E-state index contributed by atoms with van der Waals surface area (Å²) in [5, 5.41) is 10.6. The van der Waals surface area contributed by atoms with Crippen LogP contribution in [0.4, 0.5) is 0 Å². The third-order valence-corrected chi connectivity index (χ3v) is 3.88. The molecule has 1 aromatic carbocycles. The van der Waals surface area contributed by atoms with E-state index in [2.05, 4.69) is 0 Å². The number of carboxylic acid groups (broad SMARTS) is 1. The van der Waals surface area contributed by atoms with Gasteiger partial charge in [0.1, 0.15) is 5.15 Å². The molecule has 0 fully saturated rings. The number of hydrogen-bond acceptors (Lipinski definition) is 2. The molecule has 5 heteroatoms. The molecular formula is C16H18ClNO3. The van der Waals surface area contributed by atoms with E-state index in [-0.39, 0.29) is 5.57 Å². The topological polar surface area (TPSA) is 51.5 Å². The number of fused-ring (bicyclic) bond motifs is 1. The number of rotatable bonds is 5. The maximum Gasteiger partial charge on any atom is 0.331 e. The minimum atomic E-state index is -0.948. The van der Waals surface area contributed by atoms with Crippen LogP contribution in [0.15, 0.2) is 23.8 Å². The molecule has 0 aliphatic carbocycles. The molecular weight excluding hydrogens is 290 g/mol. The number of nitrogens with zero attached hydrogens (tertiary/aromatic N) is 1. The lowest BCUT2D eigenvalue weighted by Crippen LogP contribution is -2.04. The van der Waals surface area contributed by atoms with Crippen LogP contribution in [0.5, 0.6) is 0 Å². The number of aromatic nitrogens is 1. The van der Waals surface area contributed by atoms with Crippen LogP contribution in [0.25, 0.3) is 17.0 Å². The Balaban J connectivity index is 2.71. The molecule has 1 aromatic heterocycles. The third-order valence-electron chi connectivity index (χ3n) is 3.47. The van der Waals surface area contributed by atoms with Gasteiger partial charge in [-0.15, -0.1) is 0 Å². The van der Waals surface area contributed by atoms with Crippen LogP contribution < -0.4 is 0 Å². The molecule has 0 atom stereocenters. The highest BCUT2D eigenvalue weighted by Crippen LogP contribution is 2.33. The van der Waals surface area contributed by atoms with E-state index in [1.54, 1.807) is 20.1 Å². The molecule has 0 bridgehead atoms. The molecule has 112 valence electrons. The van der Waals surface area contributed by atoms with Gasteiger partial charge in [0.05, 0.1) is 12.1 Å². The summed E-state index contributed by atoms with van der Waals surface area (Å²) >= 11 is 6.48. The first-order valence-corrected chi connectivity index (χ1v) is 7.03. The van der Waals surface area contributed by atoms with Crippen molar-refractivity contribution in [2.45, 2.75) is 20.4 Å². The first-order chi connectivity index (χ1) is 9.97. The van der Waals surface area contributed by atoms with Crippen molar-refractivity contribution in [2.75, 3.05) is 13.7 Å². The second kappa shape index (κ2) is 6.33. The number of aliphatic carboxylic acids is 1. The summed E-state index contributed by atoms with van der Waals surface area (Å²) < 4.78 is 7.10. The van der Waals surface area contributed by atoms with E-state index >= 15 is 0 Å². The maximum absolute atomic E-state index is 11.1. The molecule has 1 heterocycles. The van der Waals surface area contributed by atoms with E-state index in [9.17, 15) is 4.79 Å². The molecule has 0 saturated heterocycles. The van der Waals surface area contributed by atoms with Crippen LogP contribution in [0, 0.1) is 6.92 Å². The van der Waals surface area contributed by atoms with Crippen molar-refractivity contribution in [1.29, 1.82) is 0 Å². The van der Waals surface area contributed by atoms with Gasteiger partial charge in [-0.1, -0.05) is 29.8 Å². The highest BCUT2D eigenvalue weighted by Gasteiger charge is 2.16. The van der Waals surface area contributed by atoms with E-state index in [0.29, 0.717) is 18.3 Å². The van der Waals surface area contributed by atoms with Crippen molar-refractivity contribution in [2.24, 2.45) is 0 Å². The minimum absolute atomic E-state index is 0.254. The van der Waals surface area contributed by atoms with Crippen LogP contribution in [0.1, 0.15) is 18.1 Å². The van der Waals surface area contributed by atoms with Crippen molar-refractivity contribution < 1.29 is 14.6 Å². The fourth-order valence-corrected chi connectivity index (χ4v) is 2.72. The molecule has 0 spiro atoms. The number of para-hydroxylation sites is 1. The molecule has 21 heavy (non-hydrogen) atoms. The molecule has 1 N–H and O–H groups in total.